The number of sulfonamides is 1. The monoisotopic (exact) mass is 313 g/mol. The summed E-state index contributed by atoms with van der Waals surface area (Å²) in [6.07, 6.45) is 5.34. The van der Waals surface area contributed by atoms with E-state index in [0.717, 1.165) is 25.7 Å². The topological polar surface area (TPSA) is 118 Å². The molecule has 0 atom stereocenters. The van der Waals surface area contributed by atoms with Gasteiger partial charge in [0.2, 0.25) is 10.0 Å². The molecule has 0 radical (unpaired) electrons. The van der Waals surface area contributed by atoms with Crippen LogP contribution in [-0.4, -0.2) is 26.7 Å². The Morgan fingerprint density at radius 1 is 1.24 bits per heavy atom. The number of hydrogen-bond acceptors (Lipinski definition) is 5. The number of nitrogens with one attached hydrogen (secondary N) is 1. The zero-order valence-electron chi connectivity index (χ0n) is 12.0. The second-order valence-corrected chi connectivity index (χ2v) is 7.43. The van der Waals surface area contributed by atoms with E-state index in [1.165, 1.54) is 24.6 Å². The van der Waals surface area contributed by atoms with Crippen LogP contribution in [0.15, 0.2) is 23.1 Å². The molecule has 2 rings (SSSR count). The van der Waals surface area contributed by atoms with Crippen LogP contribution in [0.3, 0.4) is 0 Å². The van der Waals surface area contributed by atoms with Crippen molar-refractivity contribution in [3.63, 3.8) is 0 Å². The van der Waals surface area contributed by atoms with Crippen LogP contribution in [0.5, 0.6) is 0 Å². The summed E-state index contributed by atoms with van der Waals surface area (Å²) >= 11 is 0. The fraction of sp³-hybridized carbons (Fsp3) is 0.571. The zero-order chi connectivity index (χ0) is 15.5. The minimum Gasteiger partial charge on any atom is -0.397 e. The highest BCUT2D eigenvalue weighted by Gasteiger charge is 2.31. The van der Waals surface area contributed by atoms with E-state index in [4.69, 9.17) is 10.9 Å². The molecule has 1 aromatic rings. The first-order chi connectivity index (χ1) is 9.86. The first kappa shape index (κ1) is 16.1. The van der Waals surface area contributed by atoms with Crippen molar-refractivity contribution < 1.29 is 13.5 Å². The summed E-state index contributed by atoms with van der Waals surface area (Å²) in [5, 5.41) is 18.0. The molecule has 0 amide bonds. The molecule has 21 heavy (non-hydrogen) atoms. The van der Waals surface area contributed by atoms with E-state index in [-0.39, 0.29) is 16.9 Å². The Morgan fingerprint density at radius 3 is 2.48 bits per heavy atom. The summed E-state index contributed by atoms with van der Waals surface area (Å²) in [5.41, 5.74) is 6.73. The van der Waals surface area contributed by atoms with Crippen molar-refractivity contribution in [1.29, 1.82) is 0 Å². The predicted octanol–water partition coefficient (Wildman–Crippen LogP) is 1.27. The van der Waals surface area contributed by atoms with Crippen LogP contribution < -0.4 is 16.2 Å². The molecule has 0 heterocycles. The molecule has 0 unspecified atom stereocenters. The molecule has 0 bridgehead atoms. The summed E-state index contributed by atoms with van der Waals surface area (Å²) in [4.78, 5) is 0.0286. The summed E-state index contributed by atoms with van der Waals surface area (Å²) in [7, 11) is -3.75. The Bertz CT molecular complexity index is 595. The molecule has 1 saturated carbocycles. The highest BCUT2D eigenvalue weighted by Crippen LogP contribution is 2.36. The van der Waals surface area contributed by atoms with E-state index in [1.807, 2.05) is 0 Å². The first-order valence-electron chi connectivity index (χ1n) is 7.13. The zero-order valence-corrected chi connectivity index (χ0v) is 12.8. The lowest BCUT2D eigenvalue weighted by molar-refractivity contribution is 0.0944. The van der Waals surface area contributed by atoms with Gasteiger partial charge in [-0.25, -0.2) is 13.6 Å². The van der Waals surface area contributed by atoms with Gasteiger partial charge in [0, 0.05) is 12.0 Å². The van der Waals surface area contributed by atoms with E-state index in [0.29, 0.717) is 17.9 Å². The van der Waals surface area contributed by atoms with Gasteiger partial charge in [0.25, 0.3) is 0 Å². The largest absolute Gasteiger partial charge is 0.397 e. The minimum absolute atomic E-state index is 0.0286. The second-order valence-electron chi connectivity index (χ2n) is 5.87. The number of aliphatic hydroxyl groups is 1. The quantitative estimate of drug-likeness (QED) is 0.610. The number of hydrogen-bond donors (Lipinski definition) is 4. The van der Waals surface area contributed by atoms with E-state index in [1.54, 1.807) is 0 Å². The standard InChI is InChI=1S/C14H23N3O3S/c15-12-5-4-11(21(16,19)20)8-13(12)17-9-14(10-18)6-2-1-3-7-14/h4-5,8,17-18H,1-3,6-7,9-10,15H2,(H2,16,19,20). The van der Waals surface area contributed by atoms with E-state index >= 15 is 0 Å². The summed E-state index contributed by atoms with van der Waals surface area (Å²) < 4.78 is 22.8. The average molecular weight is 313 g/mol. The maximum absolute atomic E-state index is 11.4. The van der Waals surface area contributed by atoms with Gasteiger partial charge < -0.3 is 16.2 Å². The molecule has 1 aliphatic carbocycles. The van der Waals surface area contributed by atoms with Gasteiger partial charge in [-0.1, -0.05) is 19.3 Å². The van der Waals surface area contributed by atoms with Crippen molar-refractivity contribution in [2.75, 3.05) is 24.2 Å². The number of benzene rings is 1. The Kier molecular flexibility index (Phi) is 4.75. The fourth-order valence-electron chi connectivity index (χ4n) is 2.84. The van der Waals surface area contributed by atoms with Crippen LogP contribution in [0.25, 0.3) is 0 Å². The molecule has 1 fully saturated rings. The Hall–Kier alpha value is -1.31. The van der Waals surface area contributed by atoms with Gasteiger partial charge in [-0.2, -0.15) is 0 Å². The van der Waals surface area contributed by atoms with Gasteiger partial charge in [-0.05, 0) is 31.0 Å². The molecule has 6 nitrogen and oxygen atoms in total. The van der Waals surface area contributed by atoms with E-state index in [9.17, 15) is 13.5 Å². The number of nitrogens with two attached hydrogens (primary N) is 2. The molecule has 6 N–H and O–H groups in total. The molecule has 0 aliphatic heterocycles. The number of primary sulfonamides is 1. The lowest BCUT2D eigenvalue weighted by Gasteiger charge is -2.36. The minimum atomic E-state index is -3.75. The predicted molar refractivity (Wildman–Crippen MR) is 83.3 cm³/mol. The van der Waals surface area contributed by atoms with Crippen LogP contribution in [0.1, 0.15) is 32.1 Å². The summed E-state index contributed by atoms with van der Waals surface area (Å²) in [5.74, 6) is 0. The van der Waals surface area contributed by atoms with Crippen molar-refractivity contribution in [3.8, 4) is 0 Å². The Labute approximate surface area is 125 Å². The number of rotatable bonds is 5. The van der Waals surface area contributed by atoms with Crippen molar-refractivity contribution in [3.05, 3.63) is 18.2 Å². The third-order valence-electron chi connectivity index (χ3n) is 4.26. The number of nitrogen functional groups attached to an aromatic ring is 1. The third kappa shape index (κ3) is 3.87. The highest BCUT2D eigenvalue weighted by atomic mass is 32.2. The molecule has 1 aliphatic rings. The smallest absolute Gasteiger partial charge is 0.238 e. The maximum atomic E-state index is 11.4. The second kappa shape index (κ2) is 6.21. The van der Waals surface area contributed by atoms with Gasteiger partial charge in [0.15, 0.2) is 0 Å². The van der Waals surface area contributed by atoms with Crippen LogP contribution in [0.4, 0.5) is 11.4 Å². The molecular weight excluding hydrogens is 290 g/mol. The fourth-order valence-corrected chi connectivity index (χ4v) is 3.38. The molecule has 1 aromatic carbocycles. The van der Waals surface area contributed by atoms with Gasteiger partial charge in [-0.15, -0.1) is 0 Å². The van der Waals surface area contributed by atoms with Gasteiger partial charge >= 0.3 is 0 Å². The van der Waals surface area contributed by atoms with Crippen molar-refractivity contribution in [2.24, 2.45) is 10.6 Å². The molecule has 7 heteroatoms. The third-order valence-corrected chi connectivity index (χ3v) is 5.17. The van der Waals surface area contributed by atoms with Crippen LogP contribution in [-0.2, 0) is 10.0 Å². The lowest BCUT2D eigenvalue weighted by Crippen LogP contribution is -2.35. The molecule has 0 saturated heterocycles. The SMILES string of the molecule is Nc1ccc(S(N)(=O)=O)cc1NCC1(CO)CCCCC1. The van der Waals surface area contributed by atoms with Gasteiger partial charge in [0.05, 0.1) is 22.9 Å². The Morgan fingerprint density at radius 2 is 1.90 bits per heavy atom. The average Bonchev–Trinajstić information content (AvgIpc) is 2.46. The molecular formula is C14H23N3O3S. The lowest BCUT2D eigenvalue weighted by atomic mass is 9.74. The maximum Gasteiger partial charge on any atom is 0.238 e. The van der Waals surface area contributed by atoms with Crippen LogP contribution in [0.2, 0.25) is 0 Å². The van der Waals surface area contributed by atoms with Crippen molar-refractivity contribution in [2.45, 2.75) is 37.0 Å². The molecule has 0 aromatic heterocycles. The highest BCUT2D eigenvalue weighted by molar-refractivity contribution is 7.89. The van der Waals surface area contributed by atoms with Crippen molar-refractivity contribution in [1.82, 2.24) is 0 Å². The van der Waals surface area contributed by atoms with E-state index < -0.39 is 10.0 Å². The summed E-state index contributed by atoms with van der Waals surface area (Å²) in [6.45, 7) is 0.691. The van der Waals surface area contributed by atoms with Gasteiger partial charge in [-0.3, -0.25) is 0 Å². The Balaban J connectivity index is 2.15. The van der Waals surface area contributed by atoms with Crippen LogP contribution >= 0.6 is 0 Å². The summed E-state index contributed by atoms with van der Waals surface area (Å²) in [6, 6.07) is 4.35. The molecule has 118 valence electrons. The van der Waals surface area contributed by atoms with Crippen LogP contribution in [0, 0.1) is 5.41 Å². The number of aliphatic hydroxyl groups excluding tert-OH is 1. The first-order valence-corrected chi connectivity index (χ1v) is 8.68. The van der Waals surface area contributed by atoms with Crippen molar-refractivity contribution >= 4 is 21.4 Å². The number of anilines is 2. The van der Waals surface area contributed by atoms with Gasteiger partial charge in [0.1, 0.15) is 0 Å². The van der Waals surface area contributed by atoms with E-state index in [2.05, 4.69) is 5.32 Å². The molecule has 0 spiro atoms. The normalized spacial score (nSPS) is 18.4.